The van der Waals surface area contributed by atoms with Crippen molar-refractivity contribution in [3.05, 3.63) is 54.7 Å². The van der Waals surface area contributed by atoms with Gasteiger partial charge in [-0.05, 0) is 23.3 Å². The van der Waals surface area contributed by atoms with Gasteiger partial charge >= 0.3 is 0 Å². The maximum atomic E-state index is 5.45. The molecule has 0 fully saturated rings. The average molecular weight is 265 g/mol. The number of ether oxygens (including phenoxy) is 2. The van der Waals surface area contributed by atoms with Crippen LogP contribution in [0.1, 0.15) is 0 Å². The maximum Gasteiger partial charge on any atom is 0.187 e. The number of methoxy groups -OCH3 is 2. The van der Waals surface area contributed by atoms with Crippen LogP contribution in [0.3, 0.4) is 0 Å². The van der Waals surface area contributed by atoms with E-state index in [0.29, 0.717) is 11.5 Å². The van der Waals surface area contributed by atoms with Gasteiger partial charge in [0.05, 0.1) is 14.2 Å². The molecule has 3 rings (SSSR count). The molecule has 3 nitrogen and oxygen atoms in total. The smallest absolute Gasteiger partial charge is 0.187 e. The zero-order valence-electron chi connectivity index (χ0n) is 11.5. The zero-order chi connectivity index (χ0) is 13.9. The highest BCUT2D eigenvalue weighted by molar-refractivity contribution is 5.99. The van der Waals surface area contributed by atoms with Gasteiger partial charge in [0.1, 0.15) is 5.52 Å². The lowest BCUT2D eigenvalue weighted by Gasteiger charge is -2.14. The SMILES string of the molecule is COc1cc(-c2ccccc2)c2cccnc2c1OC. The number of benzene rings is 2. The van der Waals surface area contributed by atoms with E-state index in [-0.39, 0.29) is 0 Å². The van der Waals surface area contributed by atoms with Gasteiger partial charge in [-0.1, -0.05) is 36.4 Å². The molecule has 0 aliphatic carbocycles. The minimum atomic E-state index is 0.669. The molecule has 20 heavy (non-hydrogen) atoms. The molecule has 0 saturated heterocycles. The Morgan fingerprint density at radius 1 is 0.900 bits per heavy atom. The van der Waals surface area contributed by atoms with Crippen molar-refractivity contribution in [1.29, 1.82) is 0 Å². The predicted octanol–water partition coefficient (Wildman–Crippen LogP) is 3.92. The van der Waals surface area contributed by atoms with E-state index in [4.69, 9.17) is 9.47 Å². The lowest BCUT2D eigenvalue weighted by atomic mass is 9.99. The van der Waals surface area contributed by atoms with Crippen LogP contribution in [0.15, 0.2) is 54.7 Å². The molecular formula is C17H15NO2. The van der Waals surface area contributed by atoms with Crippen LogP contribution in [0.2, 0.25) is 0 Å². The number of nitrogens with zero attached hydrogens (tertiary/aromatic N) is 1. The standard InChI is InChI=1S/C17H15NO2/c1-19-15-11-14(12-7-4-3-5-8-12)13-9-6-10-18-16(13)17(15)20-2/h3-11H,1-2H3. The largest absolute Gasteiger partial charge is 0.493 e. The molecule has 0 aliphatic heterocycles. The highest BCUT2D eigenvalue weighted by atomic mass is 16.5. The summed E-state index contributed by atoms with van der Waals surface area (Å²) in [7, 11) is 3.27. The van der Waals surface area contributed by atoms with Crippen molar-refractivity contribution < 1.29 is 9.47 Å². The van der Waals surface area contributed by atoms with Crippen molar-refractivity contribution in [2.75, 3.05) is 14.2 Å². The first-order valence-corrected chi connectivity index (χ1v) is 6.40. The second-order valence-corrected chi connectivity index (χ2v) is 4.43. The number of rotatable bonds is 3. The third-order valence-corrected chi connectivity index (χ3v) is 3.32. The summed E-state index contributed by atoms with van der Waals surface area (Å²) in [4.78, 5) is 4.44. The van der Waals surface area contributed by atoms with Crippen LogP contribution < -0.4 is 9.47 Å². The molecule has 1 aromatic heterocycles. The molecule has 1 heterocycles. The number of fused-ring (bicyclic) bond motifs is 1. The van der Waals surface area contributed by atoms with Crippen molar-refractivity contribution in [3.8, 4) is 22.6 Å². The van der Waals surface area contributed by atoms with E-state index >= 15 is 0 Å². The van der Waals surface area contributed by atoms with Crippen molar-refractivity contribution in [3.63, 3.8) is 0 Å². The summed E-state index contributed by atoms with van der Waals surface area (Å²) in [6.07, 6.45) is 1.76. The van der Waals surface area contributed by atoms with Gasteiger partial charge in [-0.2, -0.15) is 0 Å². The van der Waals surface area contributed by atoms with Gasteiger partial charge in [-0.15, -0.1) is 0 Å². The lowest BCUT2D eigenvalue weighted by Crippen LogP contribution is -1.95. The Morgan fingerprint density at radius 2 is 1.70 bits per heavy atom. The second kappa shape index (κ2) is 5.21. The third kappa shape index (κ3) is 1.97. The van der Waals surface area contributed by atoms with Crippen LogP contribution in [0.5, 0.6) is 11.5 Å². The quantitative estimate of drug-likeness (QED) is 0.719. The molecule has 100 valence electrons. The molecule has 3 aromatic rings. The molecule has 0 unspecified atom stereocenters. The Hall–Kier alpha value is -2.55. The number of pyridine rings is 1. The molecule has 2 aromatic carbocycles. The molecule has 0 bridgehead atoms. The van der Waals surface area contributed by atoms with E-state index in [0.717, 1.165) is 22.0 Å². The molecule has 0 amide bonds. The van der Waals surface area contributed by atoms with Gasteiger partial charge < -0.3 is 9.47 Å². The Kier molecular flexibility index (Phi) is 3.25. The summed E-state index contributed by atoms with van der Waals surface area (Å²) in [5, 5.41) is 1.05. The van der Waals surface area contributed by atoms with E-state index in [9.17, 15) is 0 Å². The van der Waals surface area contributed by atoms with E-state index < -0.39 is 0 Å². The Labute approximate surface area is 117 Å². The minimum absolute atomic E-state index is 0.669. The Bertz CT molecular complexity index is 739. The summed E-state index contributed by atoms with van der Waals surface area (Å²) >= 11 is 0. The summed E-state index contributed by atoms with van der Waals surface area (Å²) in [6, 6.07) is 16.2. The molecule has 0 radical (unpaired) electrons. The lowest BCUT2D eigenvalue weighted by molar-refractivity contribution is 0.358. The van der Waals surface area contributed by atoms with Crippen molar-refractivity contribution in [2.24, 2.45) is 0 Å². The van der Waals surface area contributed by atoms with Crippen LogP contribution in [-0.2, 0) is 0 Å². The summed E-state index contributed by atoms with van der Waals surface area (Å²) in [6.45, 7) is 0. The van der Waals surface area contributed by atoms with Crippen LogP contribution in [0.25, 0.3) is 22.0 Å². The van der Waals surface area contributed by atoms with Gasteiger partial charge in [0.15, 0.2) is 11.5 Å². The van der Waals surface area contributed by atoms with Crippen molar-refractivity contribution >= 4 is 10.9 Å². The van der Waals surface area contributed by atoms with Gasteiger partial charge in [0, 0.05) is 11.6 Å². The van der Waals surface area contributed by atoms with Crippen LogP contribution in [0, 0.1) is 0 Å². The molecule has 0 atom stereocenters. The summed E-state index contributed by atoms with van der Waals surface area (Å²) in [5.41, 5.74) is 3.03. The van der Waals surface area contributed by atoms with Gasteiger partial charge in [0.2, 0.25) is 0 Å². The monoisotopic (exact) mass is 265 g/mol. The van der Waals surface area contributed by atoms with E-state index in [1.807, 2.05) is 36.4 Å². The summed E-state index contributed by atoms with van der Waals surface area (Å²) < 4.78 is 10.9. The number of hydrogen-bond acceptors (Lipinski definition) is 3. The van der Waals surface area contributed by atoms with Gasteiger partial charge in [-0.25, -0.2) is 0 Å². The fourth-order valence-electron chi connectivity index (χ4n) is 2.40. The highest BCUT2D eigenvalue weighted by Crippen LogP contribution is 2.40. The maximum absolute atomic E-state index is 5.45. The third-order valence-electron chi connectivity index (χ3n) is 3.32. The first kappa shape index (κ1) is 12.5. The van der Waals surface area contributed by atoms with Gasteiger partial charge in [0.25, 0.3) is 0 Å². The first-order valence-electron chi connectivity index (χ1n) is 6.40. The minimum Gasteiger partial charge on any atom is -0.493 e. The normalized spacial score (nSPS) is 10.5. The van der Waals surface area contributed by atoms with E-state index in [2.05, 4.69) is 17.1 Å². The van der Waals surface area contributed by atoms with Crippen LogP contribution >= 0.6 is 0 Å². The Balaban J connectivity index is 2.38. The predicted molar refractivity (Wildman–Crippen MR) is 80.3 cm³/mol. The van der Waals surface area contributed by atoms with E-state index in [1.54, 1.807) is 20.4 Å². The summed E-state index contributed by atoms with van der Waals surface area (Å²) in [5.74, 6) is 1.36. The van der Waals surface area contributed by atoms with Crippen molar-refractivity contribution in [1.82, 2.24) is 4.98 Å². The molecule has 0 N–H and O–H groups in total. The zero-order valence-corrected chi connectivity index (χ0v) is 11.5. The molecule has 0 aliphatic rings. The van der Waals surface area contributed by atoms with Gasteiger partial charge in [-0.3, -0.25) is 4.98 Å². The molecule has 3 heteroatoms. The van der Waals surface area contributed by atoms with Crippen LogP contribution in [0.4, 0.5) is 0 Å². The topological polar surface area (TPSA) is 31.4 Å². The fraction of sp³-hybridized carbons (Fsp3) is 0.118. The molecular weight excluding hydrogens is 250 g/mol. The number of aromatic nitrogens is 1. The first-order chi connectivity index (χ1) is 9.85. The Morgan fingerprint density at radius 3 is 2.40 bits per heavy atom. The second-order valence-electron chi connectivity index (χ2n) is 4.43. The van der Waals surface area contributed by atoms with E-state index in [1.165, 1.54) is 0 Å². The number of hydrogen-bond donors (Lipinski definition) is 0. The molecule has 0 saturated carbocycles. The fourth-order valence-corrected chi connectivity index (χ4v) is 2.40. The average Bonchev–Trinajstić information content (AvgIpc) is 2.54. The highest BCUT2D eigenvalue weighted by Gasteiger charge is 2.15. The molecule has 0 spiro atoms. The van der Waals surface area contributed by atoms with Crippen LogP contribution in [-0.4, -0.2) is 19.2 Å². The van der Waals surface area contributed by atoms with Crippen molar-refractivity contribution in [2.45, 2.75) is 0 Å².